The maximum atomic E-state index is 12.0. The van der Waals surface area contributed by atoms with Gasteiger partial charge in [-0.3, -0.25) is 4.79 Å². The molecule has 0 atom stereocenters. The van der Waals surface area contributed by atoms with Gasteiger partial charge in [0.2, 0.25) is 5.91 Å². The number of ether oxygens (including phenoxy) is 2. The summed E-state index contributed by atoms with van der Waals surface area (Å²) < 4.78 is 10.8. The second-order valence-corrected chi connectivity index (χ2v) is 5.73. The molecule has 0 saturated carbocycles. The summed E-state index contributed by atoms with van der Waals surface area (Å²) in [6, 6.07) is 11.5. The van der Waals surface area contributed by atoms with Crippen LogP contribution in [-0.4, -0.2) is 25.8 Å². The van der Waals surface area contributed by atoms with Crippen molar-refractivity contribution in [3.05, 3.63) is 58.7 Å². The molecule has 2 rings (SSSR count). The van der Waals surface area contributed by atoms with E-state index in [1.165, 1.54) is 11.1 Å². The van der Waals surface area contributed by atoms with Gasteiger partial charge in [-0.05, 0) is 61.2 Å². The first-order valence-electron chi connectivity index (χ1n) is 8.22. The summed E-state index contributed by atoms with van der Waals surface area (Å²) in [5, 5.41) is 4.01. The summed E-state index contributed by atoms with van der Waals surface area (Å²) in [4.78, 5) is 12.0. The van der Waals surface area contributed by atoms with Crippen molar-refractivity contribution < 1.29 is 14.3 Å². The lowest BCUT2D eigenvalue weighted by Crippen LogP contribution is -2.19. The number of hydrogen-bond donors (Lipinski definition) is 1. The number of amides is 1. The first kappa shape index (κ1) is 18.5. The van der Waals surface area contributed by atoms with Gasteiger partial charge in [-0.15, -0.1) is 0 Å². The molecule has 0 spiro atoms. The lowest BCUT2D eigenvalue weighted by molar-refractivity contribution is -0.120. The molecule has 2 aromatic rings. The number of hydrazone groups is 1. The summed E-state index contributed by atoms with van der Waals surface area (Å²) >= 11 is 0. The summed E-state index contributed by atoms with van der Waals surface area (Å²) in [6.07, 6.45) is 1.88. The number of carbonyl (C=O) groups excluding carboxylic acids is 1. The van der Waals surface area contributed by atoms with Crippen molar-refractivity contribution in [1.82, 2.24) is 5.43 Å². The number of rotatable bonds is 7. The van der Waals surface area contributed by atoms with E-state index in [0.717, 1.165) is 11.1 Å². The third-order valence-corrected chi connectivity index (χ3v) is 3.83. The SMILES string of the molecule is CCOc1cc(/C=N/NC(=O)Cc2ccc(C)c(C)c2)ccc1OC. The van der Waals surface area contributed by atoms with Crippen molar-refractivity contribution >= 4 is 12.1 Å². The number of hydrogen-bond acceptors (Lipinski definition) is 4. The van der Waals surface area contributed by atoms with E-state index in [1.54, 1.807) is 13.3 Å². The van der Waals surface area contributed by atoms with Crippen LogP contribution in [0.25, 0.3) is 0 Å². The number of nitrogens with one attached hydrogen (secondary N) is 1. The maximum absolute atomic E-state index is 12.0. The summed E-state index contributed by atoms with van der Waals surface area (Å²) in [7, 11) is 1.60. The molecule has 2 aromatic carbocycles. The molecule has 0 bridgehead atoms. The lowest BCUT2D eigenvalue weighted by Gasteiger charge is -2.09. The molecule has 0 radical (unpaired) electrons. The van der Waals surface area contributed by atoms with Gasteiger partial charge in [-0.2, -0.15) is 5.10 Å². The van der Waals surface area contributed by atoms with Gasteiger partial charge in [0.1, 0.15) is 0 Å². The summed E-state index contributed by atoms with van der Waals surface area (Å²) in [5.41, 5.74) is 6.73. The Kier molecular flexibility index (Phi) is 6.57. The Labute approximate surface area is 148 Å². The molecular formula is C20H24N2O3. The van der Waals surface area contributed by atoms with Crippen LogP contribution in [-0.2, 0) is 11.2 Å². The predicted molar refractivity (Wildman–Crippen MR) is 99.5 cm³/mol. The quantitative estimate of drug-likeness (QED) is 0.621. The molecule has 132 valence electrons. The first-order valence-corrected chi connectivity index (χ1v) is 8.22. The van der Waals surface area contributed by atoms with E-state index in [9.17, 15) is 4.79 Å². The van der Waals surface area contributed by atoms with E-state index < -0.39 is 0 Å². The van der Waals surface area contributed by atoms with Crippen LogP contribution in [0.5, 0.6) is 11.5 Å². The minimum atomic E-state index is -0.155. The van der Waals surface area contributed by atoms with E-state index in [4.69, 9.17) is 9.47 Å². The highest BCUT2D eigenvalue weighted by atomic mass is 16.5. The second-order valence-electron chi connectivity index (χ2n) is 5.73. The first-order chi connectivity index (χ1) is 12.0. The maximum Gasteiger partial charge on any atom is 0.244 e. The molecular weight excluding hydrogens is 316 g/mol. The van der Waals surface area contributed by atoms with Gasteiger partial charge in [-0.1, -0.05) is 18.2 Å². The molecule has 0 aliphatic rings. The fraction of sp³-hybridized carbons (Fsp3) is 0.300. The van der Waals surface area contributed by atoms with Gasteiger partial charge in [0.15, 0.2) is 11.5 Å². The van der Waals surface area contributed by atoms with Gasteiger partial charge in [0, 0.05) is 0 Å². The molecule has 1 N–H and O–H groups in total. The Bertz CT molecular complexity index is 770. The normalized spacial score (nSPS) is 10.7. The monoisotopic (exact) mass is 340 g/mol. The molecule has 0 aliphatic heterocycles. The molecule has 1 amide bonds. The van der Waals surface area contributed by atoms with E-state index in [2.05, 4.69) is 17.5 Å². The summed E-state index contributed by atoms with van der Waals surface area (Å²) in [5.74, 6) is 1.16. The standard InChI is InChI=1S/C20H24N2O3/c1-5-25-19-11-17(8-9-18(19)24-4)13-21-22-20(23)12-16-7-6-14(2)15(3)10-16/h6-11,13H,5,12H2,1-4H3,(H,22,23)/b21-13+. The van der Waals surface area contributed by atoms with Crippen LogP contribution < -0.4 is 14.9 Å². The summed E-state index contributed by atoms with van der Waals surface area (Å²) in [6.45, 7) is 6.54. The zero-order chi connectivity index (χ0) is 18.2. The van der Waals surface area contributed by atoms with Crippen LogP contribution in [0.1, 0.15) is 29.2 Å². The Balaban J connectivity index is 1.96. The Morgan fingerprint density at radius 1 is 1.12 bits per heavy atom. The zero-order valence-electron chi connectivity index (χ0n) is 15.1. The van der Waals surface area contributed by atoms with Gasteiger partial charge < -0.3 is 9.47 Å². The number of benzene rings is 2. The topological polar surface area (TPSA) is 59.9 Å². The number of methoxy groups -OCH3 is 1. The fourth-order valence-corrected chi connectivity index (χ4v) is 2.36. The average Bonchev–Trinajstić information content (AvgIpc) is 2.59. The molecule has 0 heterocycles. The van der Waals surface area contributed by atoms with Crippen molar-refractivity contribution in [2.75, 3.05) is 13.7 Å². The highest BCUT2D eigenvalue weighted by molar-refractivity contribution is 5.84. The largest absolute Gasteiger partial charge is 0.493 e. The van der Waals surface area contributed by atoms with Gasteiger partial charge >= 0.3 is 0 Å². The number of aryl methyl sites for hydroxylation is 2. The Morgan fingerprint density at radius 3 is 2.60 bits per heavy atom. The highest BCUT2D eigenvalue weighted by Gasteiger charge is 2.05. The van der Waals surface area contributed by atoms with Crippen LogP contribution >= 0.6 is 0 Å². The fourth-order valence-electron chi connectivity index (χ4n) is 2.36. The van der Waals surface area contributed by atoms with E-state index in [-0.39, 0.29) is 5.91 Å². The minimum absolute atomic E-state index is 0.155. The third kappa shape index (κ3) is 5.35. The molecule has 0 saturated heterocycles. The molecule has 0 aliphatic carbocycles. The number of nitrogens with zero attached hydrogens (tertiary/aromatic N) is 1. The smallest absolute Gasteiger partial charge is 0.244 e. The van der Waals surface area contributed by atoms with Crippen molar-refractivity contribution in [3.63, 3.8) is 0 Å². The minimum Gasteiger partial charge on any atom is -0.493 e. The van der Waals surface area contributed by atoms with Crippen molar-refractivity contribution in [1.29, 1.82) is 0 Å². The Morgan fingerprint density at radius 2 is 1.92 bits per heavy atom. The third-order valence-electron chi connectivity index (χ3n) is 3.83. The van der Waals surface area contributed by atoms with Crippen molar-refractivity contribution in [2.45, 2.75) is 27.2 Å². The van der Waals surface area contributed by atoms with Crippen molar-refractivity contribution in [2.24, 2.45) is 5.10 Å². The zero-order valence-corrected chi connectivity index (χ0v) is 15.1. The molecule has 0 fully saturated rings. The predicted octanol–water partition coefficient (Wildman–Crippen LogP) is 3.40. The van der Waals surface area contributed by atoms with Crippen molar-refractivity contribution in [3.8, 4) is 11.5 Å². The lowest BCUT2D eigenvalue weighted by atomic mass is 10.0. The molecule has 0 aromatic heterocycles. The number of carbonyl (C=O) groups is 1. The van der Waals surface area contributed by atoms with Gasteiger partial charge in [0.05, 0.1) is 26.4 Å². The van der Waals surface area contributed by atoms with Crippen LogP contribution in [0.15, 0.2) is 41.5 Å². The molecule has 25 heavy (non-hydrogen) atoms. The van der Waals surface area contributed by atoms with Crippen LogP contribution in [0, 0.1) is 13.8 Å². The molecule has 5 nitrogen and oxygen atoms in total. The Hall–Kier alpha value is -2.82. The average molecular weight is 340 g/mol. The van der Waals surface area contributed by atoms with Crippen LogP contribution in [0.4, 0.5) is 0 Å². The van der Waals surface area contributed by atoms with E-state index in [0.29, 0.717) is 24.5 Å². The van der Waals surface area contributed by atoms with Gasteiger partial charge in [0.25, 0.3) is 0 Å². The van der Waals surface area contributed by atoms with Crippen LogP contribution in [0.3, 0.4) is 0 Å². The second kappa shape index (κ2) is 8.87. The van der Waals surface area contributed by atoms with Gasteiger partial charge in [-0.25, -0.2) is 5.43 Å². The molecule has 5 heteroatoms. The molecule has 0 unspecified atom stereocenters. The van der Waals surface area contributed by atoms with Crippen LogP contribution in [0.2, 0.25) is 0 Å². The van der Waals surface area contributed by atoms with E-state index in [1.807, 2.05) is 50.2 Å². The highest BCUT2D eigenvalue weighted by Crippen LogP contribution is 2.27. The van der Waals surface area contributed by atoms with E-state index >= 15 is 0 Å².